The summed E-state index contributed by atoms with van der Waals surface area (Å²) in [6, 6.07) is 0. The van der Waals surface area contributed by atoms with E-state index >= 15 is 0 Å². The molecule has 2 N–H and O–H groups in total. The summed E-state index contributed by atoms with van der Waals surface area (Å²) in [7, 11) is 0. The van der Waals surface area contributed by atoms with Crippen molar-refractivity contribution in [3.05, 3.63) is 16.4 Å². The van der Waals surface area contributed by atoms with Gasteiger partial charge in [0.15, 0.2) is 0 Å². The highest BCUT2D eigenvalue weighted by Gasteiger charge is 2.24. The van der Waals surface area contributed by atoms with Crippen LogP contribution in [0.15, 0.2) is 0 Å². The van der Waals surface area contributed by atoms with Crippen LogP contribution in [0.25, 0.3) is 0 Å². The Morgan fingerprint density at radius 1 is 1.53 bits per heavy atom. The number of nitrogens with one attached hydrogen (secondary N) is 1. The van der Waals surface area contributed by atoms with Gasteiger partial charge in [-0.1, -0.05) is 32.4 Å². The van der Waals surface area contributed by atoms with Crippen molar-refractivity contribution in [2.45, 2.75) is 47.3 Å². The van der Waals surface area contributed by atoms with Crippen LogP contribution >= 0.6 is 11.6 Å². The summed E-state index contributed by atoms with van der Waals surface area (Å²) in [5.74, 6) is -0.300. The molecule has 1 amide bonds. The number of rotatable bonds is 4. The second-order valence-electron chi connectivity index (χ2n) is 5.66. The fourth-order valence-corrected chi connectivity index (χ4v) is 1.98. The van der Waals surface area contributed by atoms with Gasteiger partial charge in [0.1, 0.15) is 5.15 Å². The molecule has 0 aromatic carbocycles. The Morgan fingerprint density at radius 2 is 2.11 bits per heavy atom. The van der Waals surface area contributed by atoms with Gasteiger partial charge in [-0.05, 0) is 19.3 Å². The highest BCUT2D eigenvalue weighted by Crippen LogP contribution is 2.21. The van der Waals surface area contributed by atoms with Gasteiger partial charge in [0, 0.05) is 13.1 Å². The Labute approximate surface area is 118 Å². The largest absolute Gasteiger partial charge is 0.391 e. The van der Waals surface area contributed by atoms with Crippen LogP contribution in [0, 0.1) is 12.3 Å². The van der Waals surface area contributed by atoms with Crippen LogP contribution in [0.3, 0.4) is 0 Å². The Hall–Kier alpha value is -1.07. The second kappa shape index (κ2) is 5.92. The van der Waals surface area contributed by atoms with Gasteiger partial charge in [-0.25, -0.2) is 0 Å². The molecule has 0 radical (unpaired) electrons. The summed E-state index contributed by atoms with van der Waals surface area (Å²) in [5, 5.41) is 17.1. The number of aromatic nitrogens is 2. The van der Waals surface area contributed by atoms with Crippen molar-refractivity contribution in [1.29, 1.82) is 0 Å². The molecule has 1 aromatic heterocycles. The van der Waals surface area contributed by atoms with Gasteiger partial charge in [-0.15, -0.1) is 0 Å². The van der Waals surface area contributed by atoms with Gasteiger partial charge in [-0.2, -0.15) is 5.10 Å². The molecule has 0 fully saturated rings. The summed E-state index contributed by atoms with van der Waals surface area (Å²) in [6.45, 7) is 10.2. The zero-order chi connectivity index (χ0) is 14.8. The van der Waals surface area contributed by atoms with Gasteiger partial charge in [-0.3, -0.25) is 9.48 Å². The van der Waals surface area contributed by atoms with Crippen molar-refractivity contribution in [1.82, 2.24) is 15.1 Å². The zero-order valence-corrected chi connectivity index (χ0v) is 12.9. The molecule has 0 bridgehead atoms. The Morgan fingerprint density at radius 3 is 2.53 bits per heavy atom. The first kappa shape index (κ1) is 16.0. The van der Waals surface area contributed by atoms with E-state index in [4.69, 9.17) is 11.6 Å². The average molecular weight is 288 g/mol. The molecular weight excluding hydrogens is 266 g/mol. The molecule has 5 nitrogen and oxygen atoms in total. The lowest BCUT2D eigenvalue weighted by Gasteiger charge is -2.25. The minimum absolute atomic E-state index is 0.190. The first-order valence-corrected chi connectivity index (χ1v) is 6.75. The first-order chi connectivity index (χ1) is 8.68. The summed E-state index contributed by atoms with van der Waals surface area (Å²) >= 11 is 6.11. The van der Waals surface area contributed by atoms with E-state index in [0.29, 0.717) is 23.0 Å². The fraction of sp³-hybridized carbons (Fsp3) is 0.692. The molecule has 0 aliphatic heterocycles. The third-order valence-electron chi connectivity index (χ3n) is 3.05. The van der Waals surface area contributed by atoms with Crippen LogP contribution in [0.2, 0.25) is 5.15 Å². The number of aliphatic hydroxyl groups excluding tert-OH is 1. The van der Waals surface area contributed by atoms with E-state index in [1.807, 2.05) is 27.7 Å². The van der Waals surface area contributed by atoms with E-state index in [1.54, 1.807) is 11.6 Å². The van der Waals surface area contributed by atoms with Crippen LogP contribution in [-0.2, 0) is 6.54 Å². The smallest absolute Gasteiger partial charge is 0.256 e. The predicted octanol–water partition coefficient (Wildman–Crippen LogP) is 2.00. The van der Waals surface area contributed by atoms with E-state index in [9.17, 15) is 9.90 Å². The number of carbonyl (C=O) groups is 1. The molecule has 1 unspecified atom stereocenters. The van der Waals surface area contributed by atoms with Crippen LogP contribution in [-0.4, -0.2) is 33.4 Å². The topological polar surface area (TPSA) is 67.2 Å². The van der Waals surface area contributed by atoms with Crippen LogP contribution in [0.5, 0.6) is 0 Å². The molecule has 0 aliphatic carbocycles. The average Bonchev–Trinajstić information content (AvgIpc) is 2.59. The zero-order valence-electron chi connectivity index (χ0n) is 12.1. The van der Waals surface area contributed by atoms with E-state index < -0.39 is 6.10 Å². The number of hydrogen-bond donors (Lipinski definition) is 2. The number of aryl methyl sites for hydroxylation is 2. The summed E-state index contributed by atoms with van der Waals surface area (Å²) in [6.07, 6.45) is -0.614. The Bertz CT molecular complexity index is 463. The molecule has 19 heavy (non-hydrogen) atoms. The SMILES string of the molecule is CCn1nc(C)c(C(=O)NCC(O)C(C)(C)C)c1Cl. The molecule has 0 saturated carbocycles. The number of aliphatic hydroxyl groups is 1. The Balaban J connectivity index is 2.77. The summed E-state index contributed by atoms with van der Waals surface area (Å²) in [5.41, 5.74) is 0.693. The second-order valence-corrected chi connectivity index (χ2v) is 6.02. The molecule has 108 valence electrons. The van der Waals surface area contributed by atoms with Gasteiger partial charge >= 0.3 is 0 Å². The standard InChI is InChI=1S/C13H22ClN3O2/c1-6-17-11(14)10(8(2)16-17)12(19)15-7-9(18)13(3,4)5/h9,18H,6-7H2,1-5H3,(H,15,19). The van der Waals surface area contributed by atoms with E-state index in [1.165, 1.54) is 0 Å². The minimum Gasteiger partial charge on any atom is -0.391 e. The number of carbonyl (C=O) groups excluding carboxylic acids is 1. The van der Waals surface area contributed by atoms with E-state index in [0.717, 1.165) is 0 Å². The molecule has 1 rings (SSSR count). The van der Waals surface area contributed by atoms with Gasteiger partial charge in [0.2, 0.25) is 0 Å². The lowest BCUT2D eigenvalue weighted by molar-refractivity contribution is 0.0586. The molecular formula is C13H22ClN3O2. The Kier molecular flexibility index (Phi) is 4.98. The minimum atomic E-state index is -0.614. The third-order valence-corrected chi connectivity index (χ3v) is 3.43. The highest BCUT2D eigenvalue weighted by molar-refractivity contribution is 6.33. The van der Waals surface area contributed by atoms with Gasteiger partial charge < -0.3 is 10.4 Å². The summed E-state index contributed by atoms with van der Waals surface area (Å²) in [4.78, 5) is 12.1. The van der Waals surface area contributed by atoms with Crippen molar-refractivity contribution < 1.29 is 9.90 Å². The lowest BCUT2D eigenvalue weighted by atomic mass is 9.89. The molecule has 1 aromatic rings. The van der Waals surface area contributed by atoms with Crippen molar-refractivity contribution in [2.24, 2.45) is 5.41 Å². The predicted molar refractivity (Wildman–Crippen MR) is 75.4 cm³/mol. The quantitative estimate of drug-likeness (QED) is 0.890. The fourth-order valence-electron chi connectivity index (χ4n) is 1.60. The number of hydrogen-bond acceptors (Lipinski definition) is 3. The van der Waals surface area contributed by atoms with Crippen molar-refractivity contribution in [2.75, 3.05) is 6.54 Å². The van der Waals surface area contributed by atoms with Crippen molar-refractivity contribution >= 4 is 17.5 Å². The van der Waals surface area contributed by atoms with Gasteiger partial charge in [0.25, 0.3) is 5.91 Å². The molecule has 6 heteroatoms. The van der Waals surface area contributed by atoms with E-state index in [2.05, 4.69) is 10.4 Å². The normalized spacial score (nSPS) is 13.4. The van der Waals surface area contributed by atoms with Gasteiger partial charge in [0.05, 0.1) is 17.4 Å². The molecule has 1 heterocycles. The lowest BCUT2D eigenvalue weighted by Crippen LogP contribution is -2.39. The number of halogens is 1. The van der Waals surface area contributed by atoms with Crippen molar-refractivity contribution in [3.63, 3.8) is 0 Å². The molecule has 0 spiro atoms. The van der Waals surface area contributed by atoms with Crippen LogP contribution < -0.4 is 5.32 Å². The van der Waals surface area contributed by atoms with Crippen LogP contribution in [0.4, 0.5) is 0 Å². The molecule has 0 aliphatic rings. The van der Waals surface area contributed by atoms with Crippen molar-refractivity contribution in [3.8, 4) is 0 Å². The maximum atomic E-state index is 12.1. The molecule has 0 saturated heterocycles. The number of amides is 1. The van der Waals surface area contributed by atoms with Crippen LogP contribution in [0.1, 0.15) is 43.7 Å². The third kappa shape index (κ3) is 3.70. The monoisotopic (exact) mass is 287 g/mol. The van der Waals surface area contributed by atoms with E-state index in [-0.39, 0.29) is 17.9 Å². The molecule has 1 atom stereocenters. The maximum Gasteiger partial charge on any atom is 0.256 e. The summed E-state index contributed by atoms with van der Waals surface area (Å²) < 4.78 is 1.58. The first-order valence-electron chi connectivity index (χ1n) is 6.37. The number of nitrogens with zero attached hydrogens (tertiary/aromatic N) is 2. The highest BCUT2D eigenvalue weighted by atomic mass is 35.5. The maximum absolute atomic E-state index is 12.1.